The Hall–Kier alpha value is -2.28. The van der Waals surface area contributed by atoms with Gasteiger partial charge in [0.2, 0.25) is 0 Å². The first-order valence-corrected chi connectivity index (χ1v) is 9.25. The number of nitrogens with two attached hydrogens (primary N) is 1. The van der Waals surface area contributed by atoms with Crippen molar-refractivity contribution in [3.8, 4) is 5.75 Å². The van der Waals surface area contributed by atoms with Gasteiger partial charge >= 0.3 is 0 Å². The molecule has 0 spiro atoms. The van der Waals surface area contributed by atoms with Gasteiger partial charge in [-0.3, -0.25) is 4.79 Å². The molecule has 2 aromatic carbocycles. The van der Waals surface area contributed by atoms with Crippen LogP contribution in [0.25, 0.3) is 0 Å². The van der Waals surface area contributed by atoms with Gasteiger partial charge in [-0.1, -0.05) is 29.8 Å². The number of hydrogen-bond donors (Lipinski definition) is 4. The number of unbranched alkanes of at least 4 members (excludes halogenated alkanes) is 1. The van der Waals surface area contributed by atoms with E-state index >= 15 is 0 Å². The van der Waals surface area contributed by atoms with E-state index in [2.05, 4.69) is 10.2 Å². The van der Waals surface area contributed by atoms with Gasteiger partial charge < -0.3 is 26.2 Å². The number of nitrogens with zero attached hydrogens (tertiary/aromatic N) is 1. The molecule has 6 nitrogen and oxygen atoms in total. The van der Waals surface area contributed by atoms with Crippen molar-refractivity contribution in [1.82, 2.24) is 5.32 Å². The highest BCUT2D eigenvalue weighted by molar-refractivity contribution is 6.33. The van der Waals surface area contributed by atoms with Gasteiger partial charge in [0.05, 0.1) is 22.4 Å². The molecule has 27 heavy (non-hydrogen) atoms. The quantitative estimate of drug-likeness (QED) is 0.467. The summed E-state index contributed by atoms with van der Waals surface area (Å²) in [5, 5.41) is 23.8. The van der Waals surface area contributed by atoms with Crippen LogP contribution >= 0.6 is 11.6 Å². The first kappa shape index (κ1) is 21.0. The van der Waals surface area contributed by atoms with E-state index in [1.54, 1.807) is 6.07 Å². The Balaban J connectivity index is 1.70. The smallest absolute Gasteiger partial charge is 0.252 e. The van der Waals surface area contributed by atoms with Crippen molar-refractivity contribution in [2.75, 3.05) is 31.6 Å². The molecule has 0 bridgehead atoms. The molecule has 0 aliphatic rings. The first-order chi connectivity index (χ1) is 12.9. The molecule has 1 unspecified atom stereocenters. The maximum atomic E-state index is 11.3. The molecule has 0 saturated carbocycles. The number of aliphatic hydroxyl groups is 1. The van der Waals surface area contributed by atoms with Gasteiger partial charge in [0.1, 0.15) is 5.75 Å². The molecule has 1 atom stereocenters. The Kier molecular flexibility index (Phi) is 7.91. The van der Waals surface area contributed by atoms with Gasteiger partial charge in [-0.2, -0.15) is 0 Å². The van der Waals surface area contributed by atoms with E-state index in [9.17, 15) is 15.0 Å². The number of benzene rings is 2. The summed E-state index contributed by atoms with van der Waals surface area (Å²) in [5.74, 6) is -0.911. The molecular formula is C20H26ClN3O3. The van der Waals surface area contributed by atoms with Crippen LogP contribution in [0.4, 0.5) is 5.69 Å². The fraction of sp³-hybridized carbons (Fsp3) is 0.350. The van der Waals surface area contributed by atoms with Crippen LogP contribution in [0.1, 0.15) is 34.9 Å². The molecule has 0 saturated heterocycles. The zero-order chi connectivity index (χ0) is 19.8. The zero-order valence-corrected chi connectivity index (χ0v) is 16.1. The maximum absolute atomic E-state index is 11.3. The highest BCUT2D eigenvalue weighted by Gasteiger charge is 2.13. The van der Waals surface area contributed by atoms with Crippen molar-refractivity contribution < 1.29 is 15.0 Å². The topological polar surface area (TPSA) is 98.8 Å². The summed E-state index contributed by atoms with van der Waals surface area (Å²) < 4.78 is 0. The van der Waals surface area contributed by atoms with Crippen molar-refractivity contribution in [3.63, 3.8) is 0 Å². The number of rotatable bonds is 10. The van der Waals surface area contributed by atoms with Gasteiger partial charge in [-0.15, -0.1) is 0 Å². The van der Waals surface area contributed by atoms with Gasteiger partial charge in [-0.25, -0.2) is 0 Å². The zero-order valence-electron chi connectivity index (χ0n) is 15.4. The standard InChI is InChI=1S/C20H26ClN3O3/c1-24(17-7-3-2-6-16(17)21)11-5-4-10-23-13-19(26)14-8-9-18(25)15(12-14)20(22)27/h2-3,6-9,12,19,23,25-26H,4-5,10-11,13H2,1H3,(H2,22,27). The number of phenols is 1. The van der Waals surface area contributed by atoms with Crippen LogP contribution in [0, 0.1) is 0 Å². The van der Waals surface area contributed by atoms with Gasteiger partial charge in [0.15, 0.2) is 0 Å². The van der Waals surface area contributed by atoms with Crippen molar-refractivity contribution in [1.29, 1.82) is 0 Å². The first-order valence-electron chi connectivity index (χ1n) is 8.87. The summed E-state index contributed by atoms with van der Waals surface area (Å²) in [5.41, 5.74) is 6.76. The third-order valence-corrected chi connectivity index (χ3v) is 4.69. The van der Waals surface area contributed by atoms with Crippen LogP contribution in [-0.2, 0) is 0 Å². The molecule has 0 aromatic heterocycles. The Labute approximate surface area is 164 Å². The normalized spacial score (nSPS) is 12.0. The number of carbonyl (C=O) groups is 1. The summed E-state index contributed by atoms with van der Waals surface area (Å²) in [6, 6.07) is 12.1. The highest BCUT2D eigenvalue weighted by atomic mass is 35.5. The van der Waals surface area contributed by atoms with Gasteiger partial charge in [0, 0.05) is 20.1 Å². The predicted molar refractivity (Wildman–Crippen MR) is 108 cm³/mol. The number of amides is 1. The number of primary amides is 1. The van der Waals surface area contributed by atoms with E-state index in [0.717, 1.165) is 36.6 Å². The molecule has 7 heteroatoms. The second-order valence-corrected chi connectivity index (χ2v) is 6.85. The number of aliphatic hydroxyl groups excluding tert-OH is 1. The van der Waals surface area contributed by atoms with Crippen LogP contribution in [0.15, 0.2) is 42.5 Å². The monoisotopic (exact) mass is 391 g/mol. The average molecular weight is 392 g/mol. The number of nitrogens with one attached hydrogen (secondary N) is 1. The van der Waals surface area contributed by atoms with Gasteiger partial charge in [0.25, 0.3) is 5.91 Å². The molecule has 0 heterocycles. The van der Waals surface area contributed by atoms with Crippen molar-refractivity contribution >= 4 is 23.2 Å². The van der Waals surface area contributed by atoms with Crippen LogP contribution in [0.5, 0.6) is 5.75 Å². The molecule has 5 N–H and O–H groups in total. The molecule has 0 fully saturated rings. The Bertz CT molecular complexity index is 770. The number of aromatic hydroxyl groups is 1. The molecule has 146 valence electrons. The van der Waals surface area contributed by atoms with E-state index in [4.69, 9.17) is 17.3 Å². The SMILES string of the molecule is CN(CCCCNCC(O)c1ccc(O)c(C(N)=O)c1)c1ccccc1Cl. The van der Waals surface area contributed by atoms with Crippen molar-refractivity contribution in [2.45, 2.75) is 18.9 Å². The minimum absolute atomic E-state index is 0.00848. The molecule has 2 rings (SSSR count). The lowest BCUT2D eigenvalue weighted by Gasteiger charge is -2.20. The molecule has 1 amide bonds. The van der Waals surface area contributed by atoms with Crippen LogP contribution in [0.2, 0.25) is 5.02 Å². The third kappa shape index (κ3) is 6.13. The molecule has 0 aliphatic heterocycles. The van der Waals surface area contributed by atoms with Gasteiger partial charge in [-0.05, 0) is 49.2 Å². The summed E-state index contributed by atoms with van der Waals surface area (Å²) >= 11 is 6.19. The minimum Gasteiger partial charge on any atom is -0.507 e. The molecular weight excluding hydrogens is 366 g/mol. The van der Waals surface area contributed by atoms with E-state index in [0.29, 0.717) is 12.1 Å². The lowest BCUT2D eigenvalue weighted by atomic mass is 10.0. The number of para-hydroxylation sites is 1. The molecule has 2 aromatic rings. The largest absolute Gasteiger partial charge is 0.507 e. The minimum atomic E-state index is -0.783. The number of carbonyl (C=O) groups excluding carboxylic acids is 1. The van der Waals surface area contributed by atoms with Crippen LogP contribution in [-0.4, -0.2) is 42.8 Å². The van der Waals surface area contributed by atoms with E-state index in [1.165, 1.54) is 12.1 Å². The summed E-state index contributed by atoms with van der Waals surface area (Å²) in [6.07, 6.45) is 1.15. The predicted octanol–water partition coefficient (Wildman–Crippen LogP) is 2.68. The van der Waals surface area contributed by atoms with E-state index in [1.807, 2.05) is 31.3 Å². The highest BCUT2D eigenvalue weighted by Crippen LogP contribution is 2.24. The second kappa shape index (κ2) is 10.2. The van der Waals surface area contributed by atoms with E-state index in [-0.39, 0.29) is 11.3 Å². The summed E-state index contributed by atoms with van der Waals surface area (Å²) in [6.45, 7) is 1.99. The lowest BCUT2D eigenvalue weighted by molar-refractivity contribution is 0.0997. The summed E-state index contributed by atoms with van der Waals surface area (Å²) in [4.78, 5) is 13.4. The van der Waals surface area contributed by atoms with Crippen LogP contribution in [0.3, 0.4) is 0 Å². The maximum Gasteiger partial charge on any atom is 0.252 e. The van der Waals surface area contributed by atoms with Crippen molar-refractivity contribution in [2.24, 2.45) is 5.73 Å². The summed E-state index contributed by atoms with van der Waals surface area (Å²) in [7, 11) is 2.01. The fourth-order valence-corrected chi connectivity index (χ4v) is 3.08. The van der Waals surface area contributed by atoms with E-state index < -0.39 is 12.0 Å². The lowest BCUT2D eigenvalue weighted by Crippen LogP contribution is -2.24. The molecule has 0 aliphatic carbocycles. The second-order valence-electron chi connectivity index (χ2n) is 6.44. The number of halogens is 1. The number of hydrogen-bond acceptors (Lipinski definition) is 5. The fourth-order valence-electron chi connectivity index (χ4n) is 2.80. The molecule has 0 radical (unpaired) electrons. The Morgan fingerprint density at radius 3 is 2.70 bits per heavy atom. The van der Waals surface area contributed by atoms with Crippen LogP contribution < -0.4 is 16.0 Å². The third-order valence-electron chi connectivity index (χ3n) is 4.37. The Morgan fingerprint density at radius 2 is 2.00 bits per heavy atom. The Morgan fingerprint density at radius 1 is 1.26 bits per heavy atom. The van der Waals surface area contributed by atoms with Crippen molar-refractivity contribution in [3.05, 3.63) is 58.6 Å². The average Bonchev–Trinajstić information content (AvgIpc) is 2.64. The number of anilines is 1.